The number of hydrogen-bond acceptors (Lipinski definition) is 8. The number of aromatic nitrogens is 1. The Hall–Kier alpha value is -4.30. The summed E-state index contributed by atoms with van der Waals surface area (Å²) in [6, 6.07) is 22.2. The highest BCUT2D eigenvalue weighted by atomic mass is 32.1. The first kappa shape index (κ1) is 22.5. The van der Waals surface area contributed by atoms with Crippen molar-refractivity contribution in [3.8, 4) is 39.0 Å². The van der Waals surface area contributed by atoms with Crippen molar-refractivity contribution in [3.05, 3.63) is 78.5 Å². The predicted octanol–water partition coefficient (Wildman–Crippen LogP) is 6.70. The molecule has 0 saturated carbocycles. The van der Waals surface area contributed by atoms with Gasteiger partial charge in [0, 0.05) is 10.9 Å². The molecule has 5 rings (SSSR count). The molecule has 3 aromatic carbocycles. The molecule has 0 bridgehead atoms. The van der Waals surface area contributed by atoms with Crippen LogP contribution in [0.4, 0.5) is 5.13 Å². The molecule has 5 aromatic rings. The Balaban J connectivity index is 1.33. The number of nitrogens with one attached hydrogen (secondary N) is 1. The predicted molar refractivity (Wildman–Crippen MR) is 140 cm³/mol. The van der Waals surface area contributed by atoms with Gasteiger partial charge in [-0.05, 0) is 41.5 Å². The van der Waals surface area contributed by atoms with E-state index in [1.54, 1.807) is 33.7 Å². The van der Waals surface area contributed by atoms with Gasteiger partial charge >= 0.3 is 0 Å². The van der Waals surface area contributed by atoms with Gasteiger partial charge in [-0.3, -0.25) is 5.43 Å². The number of methoxy groups -OCH3 is 3. The fraction of sp³-hybridized carbons (Fsp3) is 0.111. The van der Waals surface area contributed by atoms with Gasteiger partial charge in [-0.15, -0.1) is 0 Å². The molecule has 8 heteroatoms. The fourth-order valence-electron chi connectivity index (χ4n) is 3.75. The van der Waals surface area contributed by atoms with Crippen LogP contribution in [0.15, 0.2) is 82.4 Å². The summed E-state index contributed by atoms with van der Waals surface area (Å²) in [4.78, 5) is 5.33. The highest BCUT2D eigenvalue weighted by molar-refractivity contribution is 7.18. The summed E-state index contributed by atoms with van der Waals surface area (Å²) in [5.41, 5.74) is 6.92. The van der Waals surface area contributed by atoms with E-state index in [0.29, 0.717) is 22.4 Å². The molecule has 0 amide bonds. The van der Waals surface area contributed by atoms with E-state index in [4.69, 9.17) is 18.6 Å². The zero-order chi connectivity index (χ0) is 24.2. The molecule has 0 aliphatic heterocycles. The van der Waals surface area contributed by atoms with Crippen molar-refractivity contribution in [1.82, 2.24) is 4.98 Å². The lowest BCUT2D eigenvalue weighted by Crippen LogP contribution is -1.97. The maximum absolute atomic E-state index is 6.07. The van der Waals surface area contributed by atoms with Gasteiger partial charge in [-0.1, -0.05) is 47.7 Å². The third-order valence-electron chi connectivity index (χ3n) is 5.43. The number of ether oxygens (including phenoxy) is 3. The molecule has 0 radical (unpaired) electrons. The number of hydrazone groups is 1. The number of thiazole rings is 1. The third-order valence-corrected chi connectivity index (χ3v) is 6.35. The number of nitrogens with zero attached hydrogens (tertiary/aromatic N) is 2. The Morgan fingerprint density at radius 1 is 0.886 bits per heavy atom. The van der Waals surface area contributed by atoms with Crippen molar-refractivity contribution >= 4 is 33.7 Å². The van der Waals surface area contributed by atoms with Gasteiger partial charge in [0.05, 0.1) is 38.6 Å². The Labute approximate surface area is 206 Å². The summed E-state index contributed by atoms with van der Waals surface area (Å²) in [6.07, 6.45) is 3.44. The summed E-state index contributed by atoms with van der Waals surface area (Å²) >= 11 is 1.46. The van der Waals surface area contributed by atoms with Crippen molar-refractivity contribution < 1.29 is 18.6 Å². The Morgan fingerprint density at radius 2 is 1.66 bits per heavy atom. The first-order valence-electron chi connectivity index (χ1n) is 10.8. The second-order valence-electron chi connectivity index (χ2n) is 7.59. The zero-order valence-electron chi connectivity index (χ0n) is 19.4. The van der Waals surface area contributed by atoms with E-state index in [-0.39, 0.29) is 0 Å². The maximum Gasteiger partial charge on any atom is 0.203 e. The third kappa shape index (κ3) is 4.69. The fourth-order valence-corrected chi connectivity index (χ4v) is 4.47. The summed E-state index contributed by atoms with van der Waals surface area (Å²) in [6.45, 7) is 0. The maximum atomic E-state index is 6.07. The van der Waals surface area contributed by atoms with Gasteiger partial charge in [0.2, 0.25) is 10.9 Å². The molecular formula is C27H23N3O4S. The molecule has 0 atom stereocenters. The van der Waals surface area contributed by atoms with E-state index in [2.05, 4.69) is 39.8 Å². The van der Waals surface area contributed by atoms with Crippen LogP contribution in [-0.2, 0) is 0 Å². The normalized spacial score (nSPS) is 11.2. The van der Waals surface area contributed by atoms with Gasteiger partial charge in [0.1, 0.15) is 11.3 Å². The topological polar surface area (TPSA) is 78.1 Å². The van der Waals surface area contributed by atoms with Crippen LogP contribution < -0.4 is 19.6 Å². The minimum absolute atomic E-state index is 0.534. The summed E-state index contributed by atoms with van der Waals surface area (Å²) in [5.74, 6) is 2.42. The summed E-state index contributed by atoms with van der Waals surface area (Å²) < 4.78 is 22.2. The van der Waals surface area contributed by atoms with Gasteiger partial charge < -0.3 is 18.6 Å². The molecule has 0 aliphatic carbocycles. The van der Waals surface area contributed by atoms with Gasteiger partial charge in [-0.25, -0.2) is 4.98 Å². The van der Waals surface area contributed by atoms with Crippen LogP contribution in [0.1, 0.15) is 5.56 Å². The van der Waals surface area contributed by atoms with E-state index in [9.17, 15) is 0 Å². The SMILES string of the molecule is COc1cc(/C=N\Nc2ncc(-c3cc4cc(-c5ccccc5)ccc4o3)s2)cc(OC)c1OC. The van der Waals surface area contributed by atoms with Crippen molar-refractivity contribution in [2.24, 2.45) is 5.10 Å². The average molecular weight is 486 g/mol. The van der Waals surface area contributed by atoms with Crippen LogP contribution in [0, 0.1) is 0 Å². The molecule has 0 saturated heterocycles. The first-order valence-corrected chi connectivity index (χ1v) is 11.6. The molecule has 176 valence electrons. The highest BCUT2D eigenvalue weighted by Gasteiger charge is 2.13. The second-order valence-corrected chi connectivity index (χ2v) is 8.62. The molecule has 1 N–H and O–H groups in total. The number of anilines is 1. The van der Waals surface area contributed by atoms with Crippen molar-refractivity contribution in [2.45, 2.75) is 0 Å². The zero-order valence-corrected chi connectivity index (χ0v) is 20.3. The molecule has 0 spiro atoms. The molecule has 35 heavy (non-hydrogen) atoms. The van der Waals surface area contributed by atoms with Crippen LogP contribution in [0.3, 0.4) is 0 Å². The van der Waals surface area contributed by atoms with E-state index in [1.807, 2.05) is 42.5 Å². The van der Waals surface area contributed by atoms with Crippen LogP contribution in [-0.4, -0.2) is 32.5 Å². The lowest BCUT2D eigenvalue weighted by atomic mass is 10.0. The molecule has 7 nitrogen and oxygen atoms in total. The standard InChI is InChI=1S/C27H23N3O4S/c1-31-23-11-17(12-24(32-2)26(23)33-3)15-29-30-27-28-16-25(35-27)22-14-20-13-19(9-10-21(20)34-22)18-7-5-4-6-8-18/h4-16H,1-3H3,(H,28,30)/b29-15-. The quantitative estimate of drug-likeness (QED) is 0.195. The number of rotatable bonds is 8. The van der Waals surface area contributed by atoms with Crippen molar-refractivity contribution in [1.29, 1.82) is 0 Å². The summed E-state index contributed by atoms with van der Waals surface area (Å²) in [7, 11) is 4.72. The van der Waals surface area contributed by atoms with E-state index >= 15 is 0 Å². The Bertz CT molecular complexity index is 1470. The lowest BCUT2D eigenvalue weighted by molar-refractivity contribution is 0.324. The van der Waals surface area contributed by atoms with Crippen LogP contribution in [0.2, 0.25) is 0 Å². The van der Waals surface area contributed by atoms with Crippen molar-refractivity contribution in [3.63, 3.8) is 0 Å². The molecule has 0 unspecified atom stereocenters. The molecule has 0 fully saturated rings. The van der Waals surface area contributed by atoms with Crippen molar-refractivity contribution in [2.75, 3.05) is 26.8 Å². The Morgan fingerprint density at radius 3 is 2.37 bits per heavy atom. The average Bonchev–Trinajstić information content (AvgIpc) is 3.55. The molecule has 0 aliphatic rings. The number of fused-ring (bicyclic) bond motifs is 1. The first-order chi connectivity index (χ1) is 17.2. The molecular weight excluding hydrogens is 462 g/mol. The molecule has 2 heterocycles. The van der Waals surface area contributed by atoms with Crippen LogP contribution in [0.25, 0.3) is 32.7 Å². The number of furan rings is 1. The van der Waals surface area contributed by atoms with Gasteiger partial charge in [0.25, 0.3) is 0 Å². The molecule has 2 aromatic heterocycles. The second kappa shape index (κ2) is 9.90. The largest absolute Gasteiger partial charge is 0.493 e. The smallest absolute Gasteiger partial charge is 0.203 e. The van der Waals surface area contributed by atoms with Gasteiger partial charge in [-0.2, -0.15) is 5.10 Å². The number of benzene rings is 3. The van der Waals surface area contributed by atoms with Crippen LogP contribution in [0.5, 0.6) is 17.2 Å². The van der Waals surface area contributed by atoms with E-state index in [0.717, 1.165) is 32.7 Å². The van der Waals surface area contributed by atoms with Gasteiger partial charge in [0.15, 0.2) is 11.5 Å². The van der Waals surface area contributed by atoms with E-state index < -0.39 is 0 Å². The minimum atomic E-state index is 0.534. The lowest BCUT2D eigenvalue weighted by Gasteiger charge is -2.12. The summed E-state index contributed by atoms with van der Waals surface area (Å²) in [5, 5.41) is 6.00. The highest BCUT2D eigenvalue weighted by Crippen LogP contribution is 2.38. The van der Waals surface area contributed by atoms with Crippen LogP contribution >= 0.6 is 11.3 Å². The Kier molecular flexibility index (Phi) is 6.36. The monoisotopic (exact) mass is 485 g/mol. The number of hydrogen-bond donors (Lipinski definition) is 1. The minimum Gasteiger partial charge on any atom is -0.493 e. The van der Waals surface area contributed by atoms with E-state index in [1.165, 1.54) is 16.9 Å².